The fraction of sp³-hybridized carbons (Fsp3) is 0.667. The molecule has 0 spiro atoms. The Morgan fingerprint density at radius 3 is 1.14 bits per heavy atom. The first kappa shape index (κ1) is 29.2. The van der Waals surface area contributed by atoms with Crippen molar-refractivity contribution in [3.05, 3.63) is 56.8 Å². The van der Waals surface area contributed by atoms with Crippen molar-refractivity contribution in [3.8, 4) is 0 Å². The van der Waals surface area contributed by atoms with Crippen LogP contribution in [0.4, 0.5) is 0 Å². The second kappa shape index (κ2) is 12.3. The number of rotatable bonds is 4. The Balaban J connectivity index is 0.000000477. The number of allylic oxidation sites excluding steroid dienone is 8. The summed E-state index contributed by atoms with van der Waals surface area (Å²) >= 11 is 0.230. The summed E-state index contributed by atoms with van der Waals surface area (Å²) in [5.74, 6) is 0. The van der Waals surface area contributed by atoms with Crippen LogP contribution >= 0.6 is 0 Å². The van der Waals surface area contributed by atoms with Gasteiger partial charge in [-0.3, -0.25) is 0 Å². The molecule has 0 atom stereocenters. The van der Waals surface area contributed by atoms with Crippen LogP contribution in [0.3, 0.4) is 0 Å². The van der Waals surface area contributed by atoms with Crippen molar-refractivity contribution in [2.75, 3.05) is 0 Å². The van der Waals surface area contributed by atoms with Gasteiger partial charge in [-0.2, -0.15) is 0 Å². The third-order valence-corrected chi connectivity index (χ3v) is 10.7. The van der Waals surface area contributed by atoms with Crippen LogP contribution in [0.2, 0.25) is 35.5 Å². The zero-order chi connectivity index (χ0) is 22.9. The molecule has 0 aliphatic heterocycles. The van der Waals surface area contributed by atoms with E-state index in [1.165, 1.54) is 0 Å². The number of hydrogen-bond acceptors (Lipinski definition) is 0. The Morgan fingerprint density at radius 2 is 0.966 bits per heavy atom. The summed E-state index contributed by atoms with van der Waals surface area (Å²) in [5.41, 5.74) is 0.221. The molecule has 0 aromatic heterocycles. The number of hydrogen-bond donors (Lipinski definition) is 0. The van der Waals surface area contributed by atoms with Crippen molar-refractivity contribution < 1.29 is 23.2 Å². The minimum absolute atomic E-state index is 0.110. The molecule has 5 heteroatoms. The Hall–Kier alpha value is 0.197. The topological polar surface area (TPSA) is 28.2 Å². The van der Waals surface area contributed by atoms with Gasteiger partial charge in [0.25, 0.3) is 0 Å². The summed E-state index contributed by atoms with van der Waals surface area (Å²) in [6.45, 7) is 22.4. The van der Waals surface area contributed by atoms with Crippen LogP contribution in [0, 0.1) is 0 Å². The van der Waals surface area contributed by atoms with Crippen LogP contribution in [-0.4, -0.2) is 27.5 Å². The van der Waals surface area contributed by atoms with E-state index in [9.17, 15) is 0 Å². The second-order valence-corrected chi connectivity index (χ2v) is 21.3. The molecule has 0 saturated heterocycles. The Labute approximate surface area is 196 Å². The molecule has 0 aromatic rings. The van der Waals surface area contributed by atoms with E-state index in [0.29, 0.717) is 0 Å². The van der Waals surface area contributed by atoms with Gasteiger partial charge in [0.15, 0.2) is 0 Å². The van der Waals surface area contributed by atoms with Gasteiger partial charge in [-0.15, -0.1) is 11.1 Å². The van der Waals surface area contributed by atoms with Crippen LogP contribution in [0.1, 0.15) is 54.4 Å². The molecule has 0 heterocycles. The summed E-state index contributed by atoms with van der Waals surface area (Å²) in [6.07, 6.45) is 15.5. The molecule has 0 unspecified atom stereocenters. The number of nitrogens with zero attached hydrogens (tertiary/aromatic N) is 2. The van der Waals surface area contributed by atoms with Gasteiger partial charge in [-0.1, -0.05) is 115 Å². The first-order valence-corrected chi connectivity index (χ1v) is 21.6. The molecule has 2 nitrogen and oxygen atoms in total. The van der Waals surface area contributed by atoms with E-state index < -0.39 is 16.5 Å². The normalized spacial score (nSPS) is 16.3. The van der Waals surface area contributed by atoms with E-state index >= 15 is 0 Å². The Bertz CT molecular complexity index is 562. The van der Waals surface area contributed by atoms with Gasteiger partial charge < -0.3 is 9.96 Å². The van der Waals surface area contributed by atoms with Crippen molar-refractivity contribution in [2.45, 2.75) is 101 Å². The molecular formula is C24H46N2Si2Zr. The summed E-state index contributed by atoms with van der Waals surface area (Å²) in [5, 5.41) is 3.12. The predicted octanol–water partition coefficient (Wildman–Crippen LogP) is 8.74. The van der Waals surface area contributed by atoms with E-state index in [0.717, 1.165) is 12.8 Å². The van der Waals surface area contributed by atoms with Crippen molar-refractivity contribution >= 4 is 16.5 Å². The van der Waals surface area contributed by atoms with Crippen molar-refractivity contribution in [1.29, 1.82) is 0 Å². The fourth-order valence-electron chi connectivity index (χ4n) is 3.62. The molecule has 0 saturated carbocycles. The van der Waals surface area contributed by atoms with Gasteiger partial charge in [-0.25, -0.2) is 0 Å². The molecule has 164 valence electrons. The first-order valence-electron chi connectivity index (χ1n) is 10.8. The maximum atomic E-state index is 4.95. The summed E-state index contributed by atoms with van der Waals surface area (Å²) < 4.78 is 4.59. The summed E-state index contributed by atoms with van der Waals surface area (Å²) in [6, 6.07) is 0. The molecule has 2 rings (SSSR count). The van der Waals surface area contributed by atoms with E-state index in [1.54, 1.807) is 10.4 Å². The molecular weight excluding hydrogens is 464 g/mol. The third-order valence-electron chi connectivity index (χ3n) is 4.34. The SMILES string of the molecule is CC(C)(C)[N-][Si](C)(C)C1=CC=CC1.CC(C)(C)[N-][Si](C)(C)C1=CC=CC1.[CH3][Zr+2][CH3]. The van der Waals surface area contributed by atoms with Gasteiger partial charge in [-0.05, 0) is 29.3 Å². The average Bonchev–Trinajstić information content (AvgIpc) is 3.19. The van der Waals surface area contributed by atoms with Gasteiger partial charge in [0.05, 0.1) is 0 Å². The van der Waals surface area contributed by atoms with E-state index in [2.05, 4.69) is 113 Å². The van der Waals surface area contributed by atoms with Gasteiger partial charge >= 0.3 is 32.5 Å². The summed E-state index contributed by atoms with van der Waals surface area (Å²) in [4.78, 5) is 9.91. The van der Waals surface area contributed by atoms with Crippen LogP contribution in [-0.2, 0) is 23.2 Å². The van der Waals surface area contributed by atoms with Crippen molar-refractivity contribution in [1.82, 2.24) is 0 Å². The molecule has 2 aliphatic rings. The molecule has 0 amide bonds. The Morgan fingerprint density at radius 1 is 0.690 bits per heavy atom. The molecule has 0 fully saturated rings. The first-order chi connectivity index (χ1) is 13.0. The van der Waals surface area contributed by atoms with E-state index in [-0.39, 0.29) is 34.3 Å². The predicted molar refractivity (Wildman–Crippen MR) is 137 cm³/mol. The molecule has 0 N–H and O–H groups in total. The van der Waals surface area contributed by atoms with Gasteiger partial charge in [0, 0.05) is 0 Å². The third kappa shape index (κ3) is 13.3. The van der Waals surface area contributed by atoms with Crippen LogP contribution in [0.5, 0.6) is 0 Å². The van der Waals surface area contributed by atoms with Crippen LogP contribution < -0.4 is 0 Å². The van der Waals surface area contributed by atoms with Crippen molar-refractivity contribution in [3.63, 3.8) is 0 Å². The van der Waals surface area contributed by atoms with Crippen LogP contribution in [0.25, 0.3) is 9.96 Å². The molecule has 0 radical (unpaired) electrons. The molecule has 0 aromatic carbocycles. The van der Waals surface area contributed by atoms with Crippen LogP contribution in [0.15, 0.2) is 46.8 Å². The van der Waals surface area contributed by atoms with E-state index in [4.69, 9.17) is 9.96 Å². The average molecular weight is 510 g/mol. The minimum atomic E-state index is -1.48. The quantitative estimate of drug-likeness (QED) is 0.339. The summed E-state index contributed by atoms with van der Waals surface area (Å²) in [7, 11) is -2.96. The standard InChI is InChI=1S/2C11H20NSi.2CH3.Zr/c2*1-11(2,3)12-13(4,5)10-8-6-7-9-10;;;/h2*6-8H,9H2,1-5H3;2*1H3;/q2*-1;;;+2. The maximum absolute atomic E-state index is 4.95. The van der Waals surface area contributed by atoms with Gasteiger partial charge in [0.1, 0.15) is 0 Å². The Kier molecular flexibility index (Phi) is 12.4. The second-order valence-electron chi connectivity index (χ2n) is 10.8. The van der Waals surface area contributed by atoms with E-state index in [1.807, 2.05) is 0 Å². The molecule has 2 aliphatic carbocycles. The zero-order valence-corrected chi connectivity index (χ0v) is 25.7. The zero-order valence-electron chi connectivity index (χ0n) is 21.3. The fourth-order valence-corrected chi connectivity index (χ4v) is 9.51. The molecule has 29 heavy (non-hydrogen) atoms. The van der Waals surface area contributed by atoms with Gasteiger partial charge in [0.2, 0.25) is 0 Å². The molecule has 0 bridgehead atoms. The monoisotopic (exact) mass is 508 g/mol. The van der Waals surface area contributed by atoms with Crippen molar-refractivity contribution in [2.24, 2.45) is 0 Å².